The van der Waals surface area contributed by atoms with Crippen LogP contribution in [0.2, 0.25) is 0 Å². The van der Waals surface area contributed by atoms with Gasteiger partial charge in [0.05, 0.1) is 6.61 Å². The Hall–Kier alpha value is -0.980. The maximum Gasteiger partial charge on any atom is 0.257 e. The van der Waals surface area contributed by atoms with Crippen molar-refractivity contribution in [2.45, 2.75) is 6.10 Å². The molecule has 0 bridgehead atoms. The molecule has 1 unspecified atom stereocenters. The highest BCUT2D eigenvalue weighted by Gasteiger charge is 2.11. The van der Waals surface area contributed by atoms with Crippen LogP contribution in [0, 0.1) is 0 Å². The second-order valence-electron chi connectivity index (χ2n) is 3.48. The van der Waals surface area contributed by atoms with Gasteiger partial charge in [-0.05, 0) is 24.4 Å². The van der Waals surface area contributed by atoms with E-state index in [0.29, 0.717) is 18.9 Å². The Morgan fingerprint density at radius 2 is 2.11 bits per heavy atom. The number of hydrogen-bond acceptors (Lipinski definition) is 5. The quantitative estimate of drug-likeness (QED) is 0.520. The minimum Gasteiger partial charge on any atom is -0.490 e. The van der Waals surface area contributed by atoms with Crippen molar-refractivity contribution >= 4 is 30.0 Å². The van der Waals surface area contributed by atoms with Gasteiger partial charge in [-0.25, -0.2) is 0 Å². The first-order valence-corrected chi connectivity index (χ1v) is 6.64. The van der Waals surface area contributed by atoms with Crippen LogP contribution < -0.4 is 10.1 Å². The Morgan fingerprint density at radius 3 is 2.72 bits per heavy atom. The Morgan fingerprint density at radius 1 is 1.39 bits per heavy atom. The molecule has 6 heteroatoms. The van der Waals surface area contributed by atoms with Crippen molar-refractivity contribution in [2.75, 3.05) is 25.5 Å². The summed E-state index contributed by atoms with van der Waals surface area (Å²) in [6, 6.07) is 9.47. The predicted molar refractivity (Wildman–Crippen MR) is 78.3 cm³/mol. The standard InChI is InChI=1S/C12H17NO3S2/c14-7-6-13-12(18)16-11(9-17)8-15-10-4-2-1-3-5-10/h1-5,11,14,17H,6-9H2,(H,13,18). The van der Waals surface area contributed by atoms with E-state index in [1.807, 2.05) is 30.3 Å². The van der Waals surface area contributed by atoms with Crippen LogP contribution in [0.4, 0.5) is 0 Å². The Balaban J connectivity index is 2.31. The Labute approximate surface area is 118 Å². The lowest BCUT2D eigenvalue weighted by Crippen LogP contribution is -2.34. The summed E-state index contributed by atoms with van der Waals surface area (Å²) in [4.78, 5) is 0. The second-order valence-corrected chi connectivity index (χ2v) is 4.22. The van der Waals surface area contributed by atoms with E-state index in [1.165, 1.54) is 0 Å². The molecule has 100 valence electrons. The van der Waals surface area contributed by atoms with E-state index in [4.69, 9.17) is 26.8 Å². The van der Waals surface area contributed by atoms with Crippen molar-refractivity contribution in [1.82, 2.24) is 5.32 Å². The molecule has 0 aliphatic carbocycles. The molecule has 1 atom stereocenters. The molecule has 0 aliphatic rings. The van der Waals surface area contributed by atoms with Crippen LogP contribution in [0.15, 0.2) is 30.3 Å². The molecule has 0 amide bonds. The van der Waals surface area contributed by atoms with Crippen LogP contribution in [-0.4, -0.2) is 41.9 Å². The first-order chi connectivity index (χ1) is 8.76. The van der Waals surface area contributed by atoms with Gasteiger partial charge in [0.2, 0.25) is 0 Å². The van der Waals surface area contributed by atoms with Gasteiger partial charge in [-0.1, -0.05) is 18.2 Å². The second kappa shape index (κ2) is 9.02. The molecule has 0 saturated heterocycles. The highest BCUT2D eigenvalue weighted by atomic mass is 32.1. The molecule has 2 N–H and O–H groups in total. The lowest BCUT2D eigenvalue weighted by Gasteiger charge is -2.18. The van der Waals surface area contributed by atoms with Crippen LogP contribution in [0.25, 0.3) is 0 Å². The summed E-state index contributed by atoms with van der Waals surface area (Å²) < 4.78 is 11.0. The number of ether oxygens (including phenoxy) is 2. The maximum atomic E-state index is 8.64. The van der Waals surface area contributed by atoms with Crippen LogP contribution >= 0.6 is 24.8 Å². The van der Waals surface area contributed by atoms with Gasteiger partial charge in [0.25, 0.3) is 5.17 Å². The molecule has 1 rings (SSSR count). The number of para-hydroxylation sites is 1. The molecule has 1 aromatic rings. The molecule has 0 aromatic heterocycles. The van der Waals surface area contributed by atoms with Gasteiger partial charge in [-0.15, -0.1) is 0 Å². The van der Waals surface area contributed by atoms with Gasteiger partial charge in [-0.2, -0.15) is 12.6 Å². The highest BCUT2D eigenvalue weighted by molar-refractivity contribution is 7.80. The number of aliphatic hydroxyl groups is 1. The molecule has 0 spiro atoms. The molecule has 1 aromatic carbocycles. The van der Waals surface area contributed by atoms with Crippen LogP contribution in [0.3, 0.4) is 0 Å². The normalized spacial score (nSPS) is 11.7. The number of benzene rings is 1. The van der Waals surface area contributed by atoms with Crippen LogP contribution in [0.1, 0.15) is 0 Å². The summed E-state index contributed by atoms with van der Waals surface area (Å²) in [6.07, 6.45) is -0.229. The molecule has 0 saturated carbocycles. The lowest BCUT2D eigenvalue weighted by atomic mass is 10.3. The molecule has 0 aliphatic heterocycles. The largest absolute Gasteiger partial charge is 0.490 e. The van der Waals surface area contributed by atoms with E-state index in [1.54, 1.807) is 0 Å². The number of thiocarbonyl (C=S) groups is 1. The van der Waals surface area contributed by atoms with Crippen molar-refractivity contribution in [3.05, 3.63) is 30.3 Å². The number of thiol groups is 1. The van der Waals surface area contributed by atoms with Gasteiger partial charge in [0.1, 0.15) is 18.5 Å². The fraction of sp³-hybridized carbons (Fsp3) is 0.417. The van der Waals surface area contributed by atoms with Crippen molar-refractivity contribution in [3.8, 4) is 5.75 Å². The molecule has 0 heterocycles. The summed E-state index contributed by atoms with van der Waals surface area (Å²) in [5, 5.41) is 11.7. The third kappa shape index (κ3) is 6.09. The first-order valence-electron chi connectivity index (χ1n) is 5.60. The van der Waals surface area contributed by atoms with Crippen LogP contribution in [-0.2, 0) is 4.74 Å². The highest BCUT2D eigenvalue weighted by Crippen LogP contribution is 2.09. The molecule has 0 radical (unpaired) electrons. The van der Waals surface area contributed by atoms with E-state index in [0.717, 1.165) is 5.75 Å². The zero-order valence-electron chi connectivity index (χ0n) is 9.91. The van der Waals surface area contributed by atoms with E-state index < -0.39 is 0 Å². The number of nitrogens with one attached hydrogen (secondary N) is 1. The predicted octanol–water partition coefficient (Wildman–Crippen LogP) is 1.25. The summed E-state index contributed by atoms with van der Waals surface area (Å²) in [5.74, 6) is 1.27. The van der Waals surface area contributed by atoms with Crippen LogP contribution in [0.5, 0.6) is 5.75 Å². The van der Waals surface area contributed by atoms with E-state index in [2.05, 4.69) is 17.9 Å². The van der Waals surface area contributed by atoms with Gasteiger partial charge in [0, 0.05) is 12.3 Å². The summed E-state index contributed by atoms with van der Waals surface area (Å²) in [6.45, 7) is 0.752. The fourth-order valence-electron chi connectivity index (χ4n) is 1.18. The molecular weight excluding hydrogens is 270 g/mol. The zero-order valence-corrected chi connectivity index (χ0v) is 11.6. The van der Waals surface area contributed by atoms with Crippen molar-refractivity contribution < 1.29 is 14.6 Å². The number of hydrogen-bond donors (Lipinski definition) is 3. The minimum atomic E-state index is -0.229. The number of rotatable bonds is 7. The van der Waals surface area contributed by atoms with Gasteiger partial charge >= 0.3 is 0 Å². The maximum absolute atomic E-state index is 8.64. The van der Waals surface area contributed by atoms with Crippen molar-refractivity contribution in [1.29, 1.82) is 0 Å². The molecule has 0 fully saturated rings. The molecule has 18 heavy (non-hydrogen) atoms. The van der Waals surface area contributed by atoms with E-state index in [-0.39, 0.29) is 17.9 Å². The third-order valence-electron chi connectivity index (χ3n) is 2.04. The summed E-state index contributed by atoms with van der Waals surface area (Å²) >= 11 is 9.14. The smallest absolute Gasteiger partial charge is 0.257 e. The topological polar surface area (TPSA) is 50.7 Å². The summed E-state index contributed by atoms with van der Waals surface area (Å²) in [5.41, 5.74) is 0. The third-order valence-corrected chi connectivity index (χ3v) is 2.69. The zero-order chi connectivity index (χ0) is 13.2. The average molecular weight is 287 g/mol. The Bertz CT molecular complexity index is 348. The monoisotopic (exact) mass is 287 g/mol. The first kappa shape index (κ1) is 15.1. The molecular formula is C12H17NO3S2. The number of aliphatic hydroxyl groups excluding tert-OH is 1. The Kier molecular flexibility index (Phi) is 7.55. The summed E-state index contributed by atoms with van der Waals surface area (Å²) in [7, 11) is 0. The molecule has 4 nitrogen and oxygen atoms in total. The van der Waals surface area contributed by atoms with Gasteiger partial charge < -0.3 is 19.9 Å². The SMILES string of the molecule is OCCNC(=S)OC(CS)COc1ccccc1. The van der Waals surface area contributed by atoms with E-state index in [9.17, 15) is 0 Å². The van der Waals surface area contributed by atoms with E-state index >= 15 is 0 Å². The van der Waals surface area contributed by atoms with Crippen molar-refractivity contribution in [3.63, 3.8) is 0 Å². The average Bonchev–Trinajstić information content (AvgIpc) is 2.42. The van der Waals surface area contributed by atoms with Gasteiger partial charge in [-0.3, -0.25) is 0 Å². The van der Waals surface area contributed by atoms with Crippen molar-refractivity contribution in [2.24, 2.45) is 0 Å². The lowest BCUT2D eigenvalue weighted by molar-refractivity contribution is 0.134. The minimum absolute atomic E-state index is 0.00948. The fourth-order valence-corrected chi connectivity index (χ4v) is 1.60. The van der Waals surface area contributed by atoms with Gasteiger partial charge in [0.15, 0.2) is 0 Å².